The lowest BCUT2D eigenvalue weighted by molar-refractivity contribution is -0.117. The lowest BCUT2D eigenvalue weighted by atomic mass is 10.0. The molecular weight excluding hydrogens is 454 g/mol. The van der Waals surface area contributed by atoms with Gasteiger partial charge < -0.3 is 15.0 Å². The molecule has 1 aromatic heterocycles. The second kappa shape index (κ2) is 10.6. The molecule has 0 saturated heterocycles. The zero-order valence-corrected chi connectivity index (χ0v) is 19.0. The molecule has 3 rings (SSSR count). The van der Waals surface area contributed by atoms with Gasteiger partial charge >= 0.3 is 0 Å². The standard InChI is InChI=1S/C25H24BrN3O2/c1-3-7-18-12-17(14-22(26)24(18)31-4-2)13-20(15-27)25(30)28-11-10-19-16-29-23-9-6-5-8-21(19)23/h3,5-6,8-9,12-14,16,29H,1,4,7,10-11H2,2H3,(H,28,30)/b20-13-. The predicted octanol–water partition coefficient (Wildman–Crippen LogP) is 5.32. The van der Waals surface area contributed by atoms with E-state index in [1.807, 2.05) is 55.6 Å². The fraction of sp³-hybridized carbons (Fsp3) is 0.200. The van der Waals surface area contributed by atoms with Gasteiger partial charge in [-0.15, -0.1) is 6.58 Å². The van der Waals surface area contributed by atoms with Gasteiger partial charge in [0.25, 0.3) is 5.91 Å². The van der Waals surface area contributed by atoms with Crippen LogP contribution < -0.4 is 10.1 Å². The average molecular weight is 478 g/mol. The third-order valence-corrected chi connectivity index (χ3v) is 5.42. The summed E-state index contributed by atoms with van der Waals surface area (Å²) < 4.78 is 6.49. The van der Waals surface area contributed by atoms with Gasteiger partial charge in [0.15, 0.2) is 0 Å². The average Bonchev–Trinajstić information content (AvgIpc) is 3.17. The molecule has 1 heterocycles. The van der Waals surface area contributed by atoms with Gasteiger partial charge in [-0.2, -0.15) is 5.26 Å². The SMILES string of the molecule is C=CCc1cc(/C=C(/C#N)C(=O)NCCc2c[nH]c3ccccc23)cc(Br)c1OCC. The summed E-state index contributed by atoms with van der Waals surface area (Å²) in [7, 11) is 0. The second-order valence-electron chi connectivity index (χ2n) is 6.95. The highest BCUT2D eigenvalue weighted by atomic mass is 79.9. The molecule has 0 aliphatic rings. The van der Waals surface area contributed by atoms with E-state index >= 15 is 0 Å². The molecule has 0 spiro atoms. The third kappa shape index (κ3) is 5.44. The number of benzene rings is 2. The van der Waals surface area contributed by atoms with Crippen LogP contribution in [0, 0.1) is 11.3 Å². The van der Waals surface area contributed by atoms with E-state index in [1.165, 1.54) is 0 Å². The summed E-state index contributed by atoms with van der Waals surface area (Å²) in [5, 5.41) is 13.5. The number of para-hydroxylation sites is 1. The maximum atomic E-state index is 12.6. The normalized spacial score (nSPS) is 11.2. The van der Waals surface area contributed by atoms with Gasteiger partial charge in [-0.05, 0) is 76.7 Å². The molecule has 6 heteroatoms. The van der Waals surface area contributed by atoms with E-state index in [0.717, 1.165) is 37.8 Å². The fourth-order valence-electron chi connectivity index (χ4n) is 3.43. The van der Waals surface area contributed by atoms with E-state index in [1.54, 1.807) is 12.2 Å². The zero-order valence-electron chi connectivity index (χ0n) is 17.4. The van der Waals surface area contributed by atoms with E-state index in [9.17, 15) is 10.1 Å². The van der Waals surface area contributed by atoms with E-state index < -0.39 is 5.91 Å². The predicted molar refractivity (Wildman–Crippen MR) is 128 cm³/mol. The van der Waals surface area contributed by atoms with Crippen LogP contribution in [0.25, 0.3) is 17.0 Å². The highest BCUT2D eigenvalue weighted by Gasteiger charge is 2.13. The Morgan fingerprint density at radius 1 is 1.32 bits per heavy atom. The molecular formula is C25H24BrN3O2. The number of aromatic amines is 1. The molecule has 0 unspecified atom stereocenters. The smallest absolute Gasteiger partial charge is 0.261 e. The minimum atomic E-state index is -0.391. The number of allylic oxidation sites excluding steroid dienone is 1. The summed E-state index contributed by atoms with van der Waals surface area (Å²) in [5.41, 5.74) is 3.94. The number of fused-ring (bicyclic) bond motifs is 1. The number of carbonyl (C=O) groups is 1. The van der Waals surface area contributed by atoms with Crippen LogP contribution >= 0.6 is 15.9 Å². The highest BCUT2D eigenvalue weighted by Crippen LogP contribution is 2.32. The molecule has 3 aromatic rings. The van der Waals surface area contributed by atoms with Crippen molar-refractivity contribution in [2.75, 3.05) is 13.2 Å². The van der Waals surface area contributed by atoms with Crippen molar-refractivity contribution >= 4 is 38.8 Å². The van der Waals surface area contributed by atoms with Gasteiger partial charge in [0.1, 0.15) is 17.4 Å². The van der Waals surface area contributed by atoms with Crippen LogP contribution in [0.15, 0.2) is 65.3 Å². The largest absolute Gasteiger partial charge is 0.492 e. The van der Waals surface area contributed by atoms with Crippen molar-refractivity contribution in [2.24, 2.45) is 0 Å². The van der Waals surface area contributed by atoms with Crippen molar-refractivity contribution in [3.8, 4) is 11.8 Å². The molecule has 2 N–H and O–H groups in total. The number of nitrogens with one attached hydrogen (secondary N) is 2. The first-order chi connectivity index (χ1) is 15.1. The van der Waals surface area contributed by atoms with E-state index in [4.69, 9.17) is 4.74 Å². The minimum absolute atomic E-state index is 0.0551. The van der Waals surface area contributed by atoms with E-state index in [0.29, 0.717) is 26.0 Å². The second-order valence-corrected chi connectivity index (χ2v) is 7.81. The molecule has 31 heavy (non-hydrogen) atoms. The van der Waals surface area contributed by atoms with Crippen LogP contribution in [0.2, 0.25) is 0 Å². The molecule has 0 fully saturated rings. The Morgan fingerprint density at radius 3 is 2.87 bits per heavy atom. The Kier molecular flexibility index (Phi) is 7.69. The Morgan fingerprint density at radius 2 is 2.13 bits per heavy atom. The first-order valence-corrected chi connectivity index (χ1v) is 10.9. The molecule has 0 atom stereocenters. The maximum Gasteiger partial charge on any atom is 0.261 e. The number of amides is 1. The van der Waals surface area contributed by atoms with Crippen LogP contribution in [-0.4, -0.2) is 24.0 Å². The molecule has 0 bridgehead atoms. The van der Waals surface area contributed by atoms with Crippen LogP contribution in [-0.2, 0) is 17.6 Å². The van der Waals surface area contributed by atoms with E-state index in [-0.39, 0.29) is 5.57 Å². The van der Waals surface area contributed by atoms with Crippen molar-refractivity contribution in [3.63, 3.8) is 0 Å². The van der Waals surface area contributed by atoms with Gasteiger partial charge in [-0.25, -0.2) is 0 Å². The van der Waals surface area contributed by atoms with Gasteiger partial charge in [0.2, 0.25) is 0 Å². The minimum Gasteiger partial charge on any atom is -0.492 e. The first kappa shape index (κ1) is 22.4. The number of rotatable bonds is 9. The summed E-state index contributed by atoms with van der Waals surface area (Å²) in [5.74, 6) is 0.360. The third-order valence-electron chi connectivity index (χ3n) is 4.83. The Bertz CT molecular complexity index is 1170. The summed E-state index contributed by atoms with van der Waals surface area (Å²) in [6, 6.07) is 13.8. The van der Waals surface area contributed by atoms with Crippen LogP contribution in [0.5, 0.6) is 5.75 Å². The number of nitriles is 1. The first-order valence-electron chi connectivity index (χ1n) is 10.1. The van der Waals surface area contributed by atoms with Crippen molar-refractivity contribution in [1.29, 1.82) is 5.26 Å². The fourth-order valence-corrected chi connectivity index (χ4v) is 4.06. The van der Waals surface area contributed by atoms with E-state index in [2.05, 4.69) is 32.8 Å². The molecule has 1 amide bonds. The van der Waals surface area contributed by atoms with Gasteiger partial charge in [0, 0.05) is 23.6 Å². The van der Waals surface area contributed by atoms with Crippen molar-refractivity contribution in [1.82, 2.24) is 10.3 Å². The topological polar surface area (TPSA) is 77.9 Å². The summed E-state index contributed by atoms with van der Waals surface area (Å²) in [6.07, 6.45) is 6.63. The number of aromatic nitrogens is 1. The summed E-state index contributed by atoms with van der Waals surface area (Å²) >= 11 is 3.53. The van der Waals surface area contributed by atoms with Crippen molar-refractivity contribution < 1.29 is 9.53 Å². The molecule has 0 saturated carbocycles. The molecule has 5 nitrogen and oxygen atoms in total. The molecule has 0 aliphatic carbocycles. The van der Waals surface area contributed by atoms with Gasteiger partial charge in [-0.3, -0.25) is 4.79 Å². The molecule has 0 aliphatic heterocycles. The Labute approximate surface area is 190 Å². The molecule has 158 valence electrons. The van der Waals surface area contributed by atoms with Crippen molar-refractivity contribution in [3.05, 3.63) is 82.0 Å². The van der Waals surface area contributed by atoms with Gasteiger partial charge in [-0.1, -0.05) is 24.3 Å². The monoisotopic (exact) mass is 477 g/mol. The number of hydrogen-bond acceptors (Lipinski definition) is 3. The maximum absolute atomic E-state index is 12.6. The number of ether oxygens (including phenoxy) is 1. The summed E-state index contributed by atoms with van der Waals surface area (Å²) in [6.45, 7) is 6.69. The number of halogens is 1. The Hall–Kier alpha value is -3.30. The van der Waals surface area contributed by atoms with Crippen molar-refractivity contribution in [2.45, 2.75) is 19.8 Å². The van der Waals surface area contributed by atoms with Crippen LogP contribution in [0.1, 0.15) is 23.6 Å². The Balaban J connectivity index is 1.72. The number of carbonyl (C=O) groups excluding carboxylic acids is 1. The highest BCUT2D eigenvalue weighted by molar-refractivity contribution is 9.10. The number of H-pyrrole nitrogens is 1. The zero-order chi connectivity index (χ0) is 22.2. The van der Waals surface area contributed by atoms with Crippen LogP contribution in [0.3, 0.4) is 0 Å². The lowest BCUT2D eigenvalue weighted by Gasteiger charge is -2.12. The van der Waals surface area contributed by atoms with Gasteiger partial charge in [0.05, 0.1) is 11.1 Å². The number of nitrogens with zero attached hydrogens (tertiary/aromatic N) is 1. The quantitative estimate of drug-likeness (QED) is 0.248. The molecule has 0 radical (unpaired) electrons. The lowest BCUT2D eigenvalue weighted by Crippen LogP contribution is -2.26. The van der Waals surface area contributed by atoms with Crippen LogP contribution in [0.4, 0.5) is 0 Å². The molecule has 2 aromatic carbocycles. The number of hydrogen-bond donors (Lipinski definition) is 2. The summed E-state index contributed by atoms with van der Waals surface area (Å²) in [4.78, 5) is 15.8.